The zero-order valence-corrected chi connectivity index (χ0v) is 12.8. The smallest absolute Gasteiger partial charge is 0.326 e. The van der Waals surface area contributed by atoms with Crippen LogP contribution in [-0.2, 0) is 0 Å². The minimum Gasteiger partial charge on any atom is -0.497 e. The Balaban J connectivity index is 1.79. The molecule has 0 atom stereocenters. The predicted molar refractivity (Wildman–Crippen MR) is 85.5 cm³/mol. The molecule has 0 unspecified atom stereocenters. The molecule has 0 fully saturated rings. The van der Waals surface area contributed by atoms with Crippen molar-refractivity contribution in [3.8, 4) is 17.1 Å². The van der Waals surface area contributed by atoms with Gasteiger partial charge in [0, 0.05) is 11.3 Å². The van der Waals surface area contributed by atoms with Crippen molar-refractivity contribution in [2.45, 2.75) is 13.8 Å². The Morgan fingerprint density at radius 2 is 1.77 bits per heavy atom. The van der Waals surface area contributed by atoms with Gasteiger partial charge in [0.15, 0.2) is 0 Å². The highest BCUT2D eigenvalue weighted by molar-refractivity contribution is 5.59. The molecule has 3 rings (SSSR count). The fraction of sp³-hybridized carbons (Fsp3) is 0.176. The van der Waals surface area contributed by atoms with Crippen LogP contribution >= 0.6 is 0 Å². The lowest BCUT2D eigenvalue weighted by Gasteiger charge is -2.04. The Labute approximate surface area is 128 Å². The van der Waals surface area contributed by atoms with Crippen LogP contribution in [0.3, 0.4) is 0 Å². The summed E-state index contributed by atoms with van der Waals surface area (Å²) in [5, 5.41) is 7.11. The number of hydrogen-bond donors (Lipinski definition) is 1. The number of benzene rings is 2. The van der Waals surface area contributed by atoms with Gasteiger partial charge in [-0.15, -0.1) is 0 Å². The van der Waals surface area contributed by atoms with Crippen molar-refractivity contribution in [3.05, 3.63) is 53.6 Å². The molecular weight excluding hydrogens is 278 g/mol. The predicted octanol–water partition coefficient (Wildman–Crippen LogP) is 4.11. The SMILES string of the molecule is COc1ccc(-c2noc(Nc3ccc(C)c(C)c3)n2)cc1. The van der Waals surface area contributed by atoms with E-state index in [0.29, 0.717) is 11.8 Å². The fourth-order valence-corrected chi connectivity index (χ4v) is 2.07. The highest BCUT2D eigenvalue weighted by Crippen LogP contribution is 2.23. The molecule has 1 aromatic heterocycles. The van der Waals surface area contributed by atoms with Crippen LogP contribution in [0.25, 0.3) is 11.4 Å². The van der Waals surface area contributed by atoms with Crippen LogP contribution < -0.4 is 10.1 Å². The zero-order valence-electron chi connectivity index (χ0n) is 12.8. The topological polar surface area (TPSA) is 60.2 Å². The van der Waals surface area contributed by atoms with Crippen LogP contribution in [0.5, 0.6) is 5.75 Å². The van der Waals surface area contributed by atoms with Gasteiger partial charge in [0.1, 0.15) is 5.75 Å². The number of aryl methyl sites for hydroxylation is 2. The quantitative estimate of drug-likeness (QED) is 0.785. The maximum Gasteiger partial charge on any atom is 0.326 e. The highest BCUT2D eigenvalue weighted by atomic mass is 16.5. The van der Waals surface area contributed by atoms with Gasteiger partial charge in [0.05, 0.1) is 7.11 Å². The first-order chi connectivity index (χ1) is 10.7. The van der Waals surface area contributed by atoms with E-state index < -0.39 is 0 Å². The Hall–Kier alpha value is -2.82. The van der Waals surface area contributed by atoms with Crippen LogP contribution in [-0.4, -0.2) is 17.3 Å². The Bertz CT molecular complexity index is 779. The lowest BCUT2D eigenvalue weighted by molar-refractivity contribution is 0.415. The van der Waals surface area contributed by atoms with Crippen molar-refractivity contribution >= 4 is 11.7 Å². The molecular formula is C17H17N3O2. The van der Waals surface area contributed by atoms with E-state index >= 15 is 0 Å². The number of nitrogens with zero attached hydrogens (tertiary/aromatic N) is 2. The van der Waals surface area contributed by atoms with Gasteiger partial charge in [-0.2, -0.15) is 4.98 Å². The number of nitrogens with one attached hydrogen (secondary N) is 1. The van der Waals surface area contributed by atoms with E-state index in [1.54, 1.807) is 7.11 Å². The third kappa shape index (κ3) is 2.93. The van der Waals surface area contributed by atoms with Crippen molar-refractivity contribution in [1.29, 1.82) is 0 Å². The van der Waals surface area contributed by atoms with E-state index in [4.69, 9.17) is 9.26 Å². The minimum absolute atomic E-state index is 0.370. The molecule has 3 aromatic rings. The van der Waals surface area contributed by atoms with E-state index in [0.717, 1.165) is 17.0 Å². The Kier molecular flexibility index (Phi) is 3.78. The lowest BCUT2D eigenvalue weighted by atomic mass is 10.1. The van der Waals surface area contributed by atoms with Gasteiger partial charge in [0.25, 0.3) is 0 Å². The van der Waals surface area contributed by atoms with Gasteiger partial charge >= 0.3 is 6.01 Å². The van der Waals surface area contributed by atoms with Crippen LogP contribution in [0.15, 0.2) is 47.0 Å². The largest absolute Gasteiger partial charge is 0.497 e. The molecule has 0 saturated heterocycles. The number of hydrogen-bond acceptors (Lipinski definition) is 5. The van der Waals surface area contributed by atoms with E-state index in [1.165, 1.54) is 11.1 Å². The molecule has 0 aliphatic rings. The molecule has 0 aliphatic carbocycles. The van der Waals surface area contributed by atoms with Crippen LogP contribution in [0.4, 0.5) is 11.7 Å². The maximum atomic E-state index is 5.25. The molecule has 0 aliphatic heterocycles. The summed E-state index contributed by atoms with van der Waals surface area (Å²) in [5.41, 5.74) is 4.25. The first-order valence-electron chi connectivity index (χ1n) is 6.98. The number of ether oxygens (including phenoxy) is 1. The summed E-state index contributed by atoms with van der Waals surface area (Å²) in [5.74, 6) is 1.33. The molecule has 2 aromatic carbocycles. The molecule has 0 saturated carbocycles. The van der Waals surface area contributed by atoms with E-state index in [1.807, 2.05) is 36.4 Å². The van der Waals surface area contributed by atoms with Crippen LogP contribution in [0.1, 0.15) is 11.1 Å². The van der Waals surface area contributed by atoms with Gasteiger partial charge < -0.3 is 14.6 Å². The summed E-state index contributed by atoms with van der Waals surface area (Å²) in [7, 11) is 1.63. The second-order valence-corrected chi connectivity index (χ2v) is 5.08. The monoisotopic (exact) mass is 295 g/mol. The van der Waals surface area contributed by atoms with Crippen molar-refractivity contribution in [1.82, 2.24) is 10.1 Å². The number of methoxy groups -OCH3 is 1. The van der Waals surface area contributed by atoms with Gasteiger partial charge in [-0.05, 0) is 61.4 Å². The van der Waals surface area contributed by atoms with E-state index in [2.05, 4.69) is 35.4 Å². The van der Waals surface area contributed by atoms with Gasteiger partial charge in [-0.25, -0.2) is 0 Å². The van der Waals surface area contributed by atoms with Crippen molar-refractivity contribution in [2.75, 3.05) is 12.4 Å². The summed E-state index contributed by atoms with van der Waals surface area (Å²) in [6, 6.07) is 14.0. The number of aromatic nitrogens is 2. The minimum atomic E-state index is 0.370. The third-order valence-electron chi connectivity index (χ3n) is 3.53. The van der Waals surface area contributed by atoms with Crippen molar-refractivity contribution < 1.29 is 9.26 Å². The number of anilines is 2. The van der Waals surface area contributed by atoms with E-state index in [9.17, 15) is 0 Å². The maximum absolute atomic E-state index is 5.25. The summed E-state index contributed by atoms with van der Waals surface area (Å²) < 4.78 is 10.4. The molecule has 0 bridgehead atoms. The first kappa shape index (κ1) is 14.1. The number of rotatable bonds is 4. The normalized spacial score (nSPS) is 10.5. The molecule has 112 valence electrons. The molecule has 0 radical (unpaired) electrons. The zero-order chi connectivity index (χ0) is 15.5. The summed E-state index contributed by atoms with van der Waals surface area (Å²) >= 11 is 0. The Morgan fingerprint density at radius 1 is 1.00 bits per heavy atom. The van der Waals surface area contributed by atoms with Crippen LogP contribution in [0, 0.1) is 13.8 Å². The molecule has 22 heavy (non-hydrogen) atoms. The molecule has 0 spiro atoms. The van der Waals surface area contributed by atoms with Gasteiger partial charge in [0.2, 0.25) is 5.82 Å². The van der Waals surface area contributed by atoms with Crippen LogP contribution in [0.2, 0.25) is 0 Å². The van der Waals surface area contributed by atoms with Gasteiger partial charge in [-0.3, -0.25) is 0 Å². The highest BCUT2D eigenvalue weighted by Gasteiger charge is 2.09. The standard InChI is InChI=1S/C17H17N3O2/c1-11-4-7-14(10-12(11)2)18-17-19-16(20-22-17)13-5-8-15(21-3)9-6-13/h4-10H,1-3H3,(H,18,19,20). The molecule has 5 nitrogen and oxygen atoms in total. The van der Waals surface area contributed by atoms with Crippen molar-refractivity contribution in [2.24, 2.45) is 0 Å². The molecule has 1 N–H and O–H groups in total. The summed E-state index contributed by atoms with van der Waals surface area (Å²) in [6.45, 7) is 4.14. The van der Waals surface area contributed by atoms with E-state index in [-0.39, 0.29) is 0 Å². The fourth-order valence-electron chi connectivity index (χ4n) is 2.07. The van der Waals surface area contributed by atoms with Gasteiger partial charge in [-0.1, -0.05) is 11.2 Å². The third-order valence-corrected chi connectivity index (χ3v) is 3.53. The second-order valence-electron chi connectivity index (χ2n) is 5.08. The lowest BCUT2D eigenvalue weighted by Crippen LogP contribution is -1.92. The average molecular weight is 295 g/mol. The Morgan fingerprint density at radius 3 is 2.45 bits per heavy atom. The summed E-state index contributed by atoms with van der Waals surface area (Å²) in [6.07, 6.45) is 0. The summed E-state index contributed by atoms with van der Waals surface area (Å²) in [4.78, 5) is 4.35. The van der Waals surface area contributed by atoms with Crippen molar-refractivity contribution in [3.63, 3.8) is 0 Å². The first-order valence-corrected chi connectivity index (χ1v) is 6.98. The second kappa shape index (κ2) is 5.89. The molecule has 0 amide bonds. The average Bonchev–Trinajstić information content (AvgIpc) is 2.99. The molecule has 5 heteroatoms. The molecule has 1 heterocycles.